The molecule has 2 heterocycles. The van der Waals surface area contributed by atoms with Gasteiger partial charge in [0.15, 0.2) is 5.78 Å². The second kappa shape index (κ2) is 16.6. The van der Waals surface area contributed by atoms with Crippen LogP contribution in [-0.2, 0) is 16.0 Å². The molecule has 0 aliphatic carbocycles. The highest BCUT2D eigenvalue weighted by Crippen LogP contribution is 2.40. The monoisotopic (exact) mass is 686 g/mol. The second-order valence-corrected chi connectivity index (χ2v) is 12.4. The summed E-state index contributed by atoms with van der Waals surface area (Å²) in [7, 11) is 0. The van der Waals surface area contributed by atoms with E-state index in [0.717, 1.165) is 29.5 Å². The molecule has 3 atom stereocenters. The highest BCUT2D eigenvalue weighted by molar-refractivity contribution is 6.42. The first-order valence-electron chi connectivity index (χ1n) is 14.6. The van der Waals surface area contributed by atoms with Crippen molar-refractivity contribution in [2.45, 2.75) is 50.2 Å². The van der Waals surface area contributed by atoms with Crippen LogP contribution >= 0.6 is 46.4 Å². The topological polar surface area (TPSA) is 63.4 Å². The van der Waals surface area contributed by atoms with E-state index in [9.17, 15) is 9.59 Å². The number of piperidine rings is 1. The number of amides is 1. The van der Waals surface area contributed by atoms with Gasteiger partial charge in [-0.25, -0.2) is 0 Å². The van der Waals surface area contributed by atoms with Crippen molar-refractivity contribution >= 4 is 70.2 Å². The number of nitrogens with zero attached hydrogens (tertiary/aromatic N) is 1. The van der Waals surface area contributed by atoms with Gasteiger partial charge in [-0.1, -0.05) is 102 Å². The number of hydrogen-bond donors (Lipinski definition) is 1. The molecule has 2 N–H and O–H groups in total. The third-order valence-corrected chi connectivity index (χ3v) is 9.21. The summed E-state index contributed by atoms with van der Waals surface area (Å²) < 4.78 is 0. The molecular weight excluding hydrogens is 658 g/mol. The summed E-state index contributed by atoms with van der Waals surface area (Å²) in [5.74, 6) is 8.33. The van der Waals surface area contributed by atoms with Gasteiger partial charge in [0.05, 0.1) is 38.2 Å². The van der Waals surface area contributed by atoms with E-state index >= 15 is 0 Å². The zero-order valence-corrected chi connectivity index (χ0v) is 27.8. The molecule has 2 aliphatic heterocycles. The first-order valence-corrected chi connectivity index (χ1v) is 16.1. The van der Waals surface area contributed by atoms with Gasteiger partial charge in [0.25, 0.3) is 0 Å². The third kappa shape index (κ3) is 8.66. The van der Waals surface area contributed by atoms with E-state index in [2.05, 4.69) is 23.7 Å². The number of Topliss-reactive ketones (excluding diaryl/α,β-unsaturated/α-hetero) is 1. The van der Waals surface area contributed by atoms with Gasteiger partial charge in [-0.05, 0) is 96.1 Å². The van der Waals surface area contributed by atoms with Crippen LogP contribution in [0.15, 0.2) is 77.9 Å². The Bertz CT molecular complexity index is 1720. The van der Waals surface area contributed by atoms with Crippen molar-refractivity contribution < 1.29 is 9.59 Å². The predicted octanol–water partition coefficient (Wildman–Crippen LogP) is 8.32. The van der Waals surface area contributed by atoms with Crippen LogP contribution in [0.25, 0.3) is 12.2 Å². The smallest absolute Gasteiger partial charge is 0.240 e. The van der Waals surface area contributed by atoms with Crippen molar-refractivity contribution in [1.29, 1.82) is 0 Å². The number of ketones is 1. The molecule has 2 unspecified atom stereocenters. The molecule has 2 bridgehead atoms. The summed E-state index contributed by atoms with van der Waals surface area (Å²) in [6.07, 6.45) is 16.5. The minimum atomic E-state index is -0.754. The van der Waals surface area contributed by atoms with E-state index in [1.54, 1.807) is 24.3 Å². The van der Waals surface area contributed by atoms with E-state index in [4.69, 9.17) is 65.0 Å². The van der Waals surface area contributed by atoms with Crippen molar-refractivity contribution in [3.8, 4) is 36.5 Å². The Balaban J connectivity index is 0.000000731. The molecule has 8 heteroatoms. The minimum absolute atomic E-state index is 0.102. The summed E-state index contributed by atoms with van der Waals surface area (Å²) >= 11 is 24.9. The molecule has 0 saturated carbocycles. The molecule has 0 radical (unpaired) electrons. The maximum absolute atomic E-state index is 14.2. The first kappa shape index (κ1) is 34.9. The fourth-order valence-corrected chi connectivity index (χ4v) is 6.28. The number of halogens is 4. The summed E-state index contributed by atoms with van der Waals surface area (Å²) in [5, 5.41) is 1.64. The van der Waals surface area contributed by atoms with E-state index < -0.39 is 18.1 Å². The van der Waals surface area contributed by atoms with Gasteiger partial charge >= 0.3 is 0 Å². The number of terminal acetylenes is 2. The molecule has 5 rings (SSSR count). The second-order valence-electron chi connectivity index (χ2n) is 10.8. The molecule has 46 heavy (non-hydrogen) atoms. The molecule has 3 aromatic rings. The van der Waals surface area contributed by atoms with Crippen molar-refractivity contribution in [2.75, 3.05) is 0 Å². The van der Waals surface area contributed by atoms with Gasteiger partial charge in [-0.3, -0.25) is 9.59 Å². The Morgan fingerprint density at radius 2 is 1.28 bits per heavy atom. The van der Waals surface area contributed by atoms with Crippen molar-refractivity contribution in [3.63, 3.8) is 0 Å². The van der Waals surface area contributed by atoms with E-state index in [1.165, 1.54) is 0 Å². The number of carbonyl (C=O) groups is 2. The molecule has 0 aromatic heterocycles. The van der Waals surface area contributed by atoms with Crippen LogP contribution in [0.5, 0.6) is 0 Å². The number of fused-ring (bicyclic) bond motifs is 2. The van der Waals surface area contributed by atoms with Crippen LogP contribution in [0.3, 0.4) is 0 Å². The lowest BCUT2D eigenvalue weighted by atomic mass is 9.82. The lowest BCUT2D eigenvalue weighted by molar-refractivity contribution is -0.137. The largest absolute Gasteiger partial charge is 0.327 e. The fourth-order valence-electron chi connectivity index (χ4n) is 5.66. The standard InChI is InChI=1S/C32H28Cl4N2O2.C6H2/c33-24-12-10-20(16-26(24)35)14-22-29-8-4-5-9-30(23(31(22)39)15-21-11-13-25(34)27(36)17-21)38(29)32(40)28(37)18-19-6-2-1-3-7-19;1-3-5-6-4-2/h1-3,6-7,10-17,28-30H,4-5,8-9,18,37H2;1-2H/b22-14+,23-15+;/t28-,29?,30?;/m0./s1. The third-order valence-electron chi connectivity index (χ3n) is 7.73. The lowest BCUT2D eigenvalue weighted by Gasteiger charge is -2.44. The van der Waals surface area contributed by atoms with Crippen LogP contribution in [0, 0.1) is 36.5 Å². The van der Waals surface area contributed by atoms with Crippen molar-refractivity contribution in [2.24, 2.45) is 5.73 Å². The molecule has 4 nitrogen and oxygen atoms in total. The molecule has 2 aliphatic rings. The Kier molecular flexibility index (Phi) is 12.6. The maximum atomic E-state index is 14.2. The Morgan fingerprint density at radius 1 is 0.804 bits per heavy atom. The van der Waals surface area contributed by atoms with Crippen molar-refractivity contribution in [3.05, 3.63) is 115 Å². The minimum Gasteiger partial charge on any atom is -0.327 e. The van der Waals surface area contributed by atoms with Crippen LogP contribution < -0.4 is 5.73 Å². The maximum Gasteiger partial charge on any atom is 0.240 e. The van der Waals surface area contributed by atoms with E-state index in [0.29, 0.717) is 50.5 Å². The zero-order valence-electron chi connectivity index (χ0n) is 24.8. The molecule has 232 valence electrons. The number of hydrogen-bond acceptors (Lipinski definition) is 3. The predicted molar refractivity (Wildman–Crippen MR) is 190 cm³/mol. The molecule has 0 spiro atoms. The number of carbonyl (C=O) groups excluding carboxylic acids is 2. The Labute approximate surface area is 290 Å². The van der Waals surface area contributed by atoms with E-state index in [-0.39, 0.29) is 11.7 Å². The zero-order chi connectivity index (χ0) is 33.2. The fraction of sp³-hybridized carbons (Fsp3) is 0.211. The summed E-state index contributed by atoms with van der Waals surface area (Å²) in [6, 6.07) is 18.6. The molecular formula is C38H30Cl4N2O2. The highest BCUT2D eigenvalue weighted by atomic mass is 35.5. The Hall–Kier alpha value is -3.92. The van der Waals surface area contributed by atoms with Gasteiger partial charge in [-0.2, -0.15) is 0 Å². The molecule has 1 amide bonds. The van der Waals surface area contributed by atoms with Gasteiger partial charge in [0.1, 0.15) is 0 Å². The lowest BCUT2D eigenvalue weighted by Crippen LogP contribution is -2.58. The summed E-state index contributed by atoms with van der Waals surface area (Å²) in [4.78, 5) is 30.2. The Morgan fingerprint density at radius 3 is 1.72 bits per heavy atom. The normalized spacial score (nSPS) is 19.5. The molecule has 2 saturated heterocycles. The van der Waals surface area contributed by atoms with Gasteiger partial charge < -0.3 is 10.6 Å². The molecule has 2 fully saturated rings. The van der Waals surface area contributed by atoms with E-state index in [1.807, 2.05) is 59.5 Å². The summed E-state index contributed by atoms with van der Waals surface area (Å²) in [6.45, 7) is 0. The van der Waals surface area contributed by atoms with Crippen LogP contribution in [0.1, 0.15) is 42.4 Å². The van der Waals surface area contributed by atoms with Gasteiger partial charge in [-0.15, -0.1) is 12.8 Å². The summed E-state index contributed by atoms with van der Waals surface area (Å²) in [5.41, 5.74) is 10.1. The van der Waals surface area contributed by atoms with Crippen LogP contribution in [0.4, 0.5) is 0 Å². The average molecular weight is 688 g/mol. The number of nitrogens with two attached hydrogens (primary N) is 1. The highest BCUT2D eigenvalue weighted by Gasteiger charge is 2.46. The SMILES string of the molecule is C#CC#CC#C.N[C@@H](Cc1ccccc1)C(=O)N1C2CCCCC1/C(=C\c1ccc(Cl)c(Cl)c1)C(=O)/C2=C/c1ccc(Cl)c(Cl)c1. The van der Waals surface area contributed by atoms with Gasteiger partial charge in [0.2, 0.25) is 5.91 Å². The van der Waals surface area contributed by atoms with Crippen molar-refractivity contribution in [1.82, 2.24) is 4.90 Å². The van der Waals surface area contributed by atoms with Crippen LogP contribution in [0.2, 0.25) is 20.1 Å². The first-order chi connectivity index (χ1) is 22.1. The molecule has 3 aromatic carbocycles. The number of benzene rings is 3. The average Bonchev–Trinajstić information content (AvgIpc) is 3.24. The van der Waals surface area contributed by atoms with Gasteiger partial charge in [0, 0.05) is 11.1 Å². The quantitative estimate of drug-likeness (QED) is 0.217. The number of rotatable bonds is 5. The van der Waals surface area contributed by atoms with Crippen LogP contribution in [-0.4, -0.2) is 34.7 Å².